The van der Waals surface area contributed by atoms with Gasteiger partial charge in [0.05, 0.1) is 6.42 Å². The molecule has 92 valence electrons. The molecule has 0 aliphatic heterocycles. The highest BCUT2D eigenvalue weighted by molar-refractivity contribution is 6.20. The van der Waals surface area contributed by atoms with E-state index in [1.807, 2.05) is 30.3 Å². The van der Waals surface area contributed by atoms with E-state index in [0.29, 0.717) is 17.7 Å². The van der Waals surface area contributed by atoms with E-state index in [0.717, 1.165) is 31.4 Å². The average Bonchev–Trinajstić information content (AvgIpc) is 2.74. The molecule has 0 saturated heterocycles. The fraction of sp³-hybridized carbons (Fsp3) is 0.500. The third kappa shape index (κ3) is 4.04. The Morgan fingerprint density at radius 3 is 2.71 bits per heavy atom. The van der Waals surface area contributed by atoms with Gasteiger partial charge >= 0.3 is 0 Å². The molecule has 1 fully saturated rings. The Morgan fingerprint density at radius 2 is 2.06 bits per heavy atom. The van der Waals surface area contributed by atoms with Crippen molar-refractivity contribution in [3.05, 3.63) is 35.9 Å². The summed E-state index contributed by atoms with van der Waals surface area (Å²) < 4.78 is 0. The van der Waals surface area contributed by atoms with E-state index in [9.17, 15) is 4.79 Å². The van der Waals surface area contributed by atoms with Crippen LogP contribution in [0.3, 0.4) is 0 Å². The van der Waals surface area contributed by atoms with Gasteiger partial charge in [0.2, 0.25) is 5.91 Å². The van der Waals surface area contributed by atoms with E-state index in [1.54, 1.807) is 0 Å². The average molecular weight is 252 g/mol. The summed E-state index contributed by atoms with van der Waals surface area (Å²) in [7, 11) is 0. The zero-order valence-electron chi connectivity index (χ0n) is 9.86. The van der Waals surface area contributed by atoms with Gasteiger partial charge in [0.25, 0.3) is 0 Å². The maximum Gasteiger partial charge on any atom is 0.224 e. The number of alkyl halides is 1. The Bertz CT molecular complexity index is 366. The van der Waals surface area contributed by atoms with Crippen LogP contribution in [-0.2, 0) is 11.2 Å². The Kier molecular flexibility index (Phi) is 4.43. The van der Waals surface area contributed by atoms with E-state index < -0.39 is 0 Å². The van der Waals surface area contributed by atoms with Crippen molar-refractivity contribution >= 4 is 17.5 Å². The lowest BCUT2D eigenvalue weighted by atomic mass is 10.1. The zero-order chi connectivity index (χ0) is 12.1. The van der Waals surface area contributed by atoms with E-state index in [2.05, 4.69) is 5.32 Å². The minimum atomic E-state index is 0.106. The molecule has 1 N–H and O–H groups in total. The highest BCUT2D eigenvalue weighted by atomic mass is 35.5. The van der Waals surface area contributed by atoms with Crippen LogP contribution in [0.1, 0.15) is 24.8 Å². The molecular formula is C14H18ClNO. The van der Waals surface area contributed by atoms with Crippen LogP contribution in [0, 0.1) is 5.92 Å². The first-order valence-corrected chi connectivity index (χ1v) is 6.62. The summed E-state index contributed by atoms with van der Waals surface area (Å²) in [6.45, 7) is 0.773. The number of benzene rings is 1. The summed E-state index contributed by atoms with van der Waals surface area (Å²) in [5.41, 5.74) is 1.06. The molecular weight excluding hydrogens is 234 g/mol. The van der Waals surface area contributed by atoms with Gasteiger partial charge in [-0.25, -0.2) is 0 Å². The molecule has 0 bridgehead atoms. The van der Waals surface area contributed by atoms with Gasteiger partial charge in [0, 0.05) is 11.9 Å². The van der Waals surface area contributed by atoms with Gasteiger partial charge in [-0.2, -0.15) is 0 Å². The van der Waals surface area contributed by atoms with Crippen molar-refractivity contribution in [3.8, 4) is 0 Å². The topological polar surface area (TPSA) is 29.1 Å². The van der Waals surface area contributed by atoms with Gasteiger partial charge in [-0.1, -0.05) is 30.3 Å². The standard InChI is InChI=1S/C14H18ClNO/c15-13-7-6-12(8-13)10-16-14(17)9-11-4-2-1-3-5-11/h1-5,12-13H,6-10H2,(H,16,17). The normalized spacial score (nSPS) is 23.6. The summed E-state index contributed by atoms with van der Waals surface area (Å²) in [4.78, 5) is 11.7. The summed E-state index contributed by atoms with van der Waals surface area (Å²) >= 11 is 6.04. The number of rotatable bonds is 4. The minimum Gasteiger partial charge on any atom is -0.356 e. The highest BCUT2D eigenvalue weighted by Gasteiger charge is 2.22. The van der Waals surface area contributed by atoms with Crippen molar-refractivity contribution in [1.82, 2.24) is 5.32 Å². The van der Waals surface area contributed by atoms with Crippen molar-refractivity contribution in [2.24, 2.45) is 5.92 Å². The molecule has 2 unspecified atom stereocenters. The monoisotopic (exact) mass is 251 g/mol. The van der Waals surface area contributed by atoms with Crippen molar-refractivity contribution in [2.45, 2.75) is 31.1 Å². The summed E-state index contributed by atoms with van der Waals surface area (Å²) in [5, 5.41) is 3.31. The predicted octanol–water partition coefficient (Wildman–Crippen LogP) is 2.75. The number of halogens is 1. The molecule has 0 heterocycles. The fourth-order valence-corrected chi connectivity index (χ4v) is 2.68. The second-order valence-electron chi connectivity index (χ2n) is 4.74. The summed E-state index contributed by atoms with van der Waals surface area (Å²) in [5.74, 6) is 0.673. The molecule has 0 aromatic heterocycles. The number of hydrogen-bond acceptors (Lipinski definition) is 1. The molecule has 1 aliphatic carbocycles. The molecule has 1 aliphatic rings. The zero-order valence-corrected chi connectivity index (χ0v) is 10.6. The van der Waals surface area contributed by atoms with Crippen LogP contribution in [-0.4, -0.2) is 17.8 Å². The molecule has 1 amide bonds. The van der Waals surface area contributed by atoms with E-state index >= 15 is 0 Å². The number of carbonyl (C=O) groups is 1. The van der Waals surface area contributed by atoms with Gasteiger partial charge in [-0.05, 0) is 30.7 Å². The first kappa shape index (κ1) is 12.4. The minimum absolute atomic E-state index is 0.106. The first-order chi connectivity index (χ1) is 8.24. The van der Waals surface area contributed by atoms with Gasteiger partial charge in [0.1, 0.15) is 0 Å². The van der Waals surface area contributed by atoms with E-state index in [-0.39, 0.29) is 5.91 Å². The quantitative estimate of drug-likeness (QED) is 0.820. The molecule has 2 nitrogen and oxygen atoms in total. The first-order valence-electron chi connectivity index (χ1n) is 6.18. The SMILES string of the molecule is O=C(Cc1ccccc1)NCC1CCC(Cl)C1. The largest absolute Gasteiger partial charge is 0.356 e. The second-order valence-corrected chi connectivity index (χ2v) is 5.36. The highest BCUT2D eigenvalue weighted by Crippen LogP contribution is 2.28. The van der Waals surface area contributed by atoms with Crippen LogP contribution in [0.25, 0.3) is 0 Å². The van der Waals surface area contributed by atoms with E-state index in [1.165, 1.54) is 0 Å². The lowest BCUT2D eigenvalue weighted by Crippen LogP contribution is -2.29. The molecule has 17 heavy (non-hydrogen) atoms. The van der Waals surface area contributed by atoms with Gasteiger partial charge in [-0.15, -0.1) is 11.6 Å². The number of nitrogens with one attached hydrogen (secondary N) is 1. The number of amides is 1. The molecule has 0 radical (unpaired) electrons. The van der Waals surface area contributed by atoms with Gasteiger partial charge in [0.15, 0.2) is 0 Å². The van der Waals surface area contributed by atoms with Gasteiger partial charge in [-0.3, -0.25) is 4.79 Å². The van der Waals surface area contributed by atoms with Crippen LogP contribution in [0.5, 0.6) is 0 Å². The Hall–Kier alpha value is -1.02. The van der Waals surface area contributed by atoms with Crippen LogP contribution >= 0.6 is 11.6 Å². The van der Waals surface area contributed by atoms with Crippen molar-refractivity contribution in [1.29, 1.82) is 0 Å². The fourth-order valence-electron chi connectivity index (χ4n) is 2.30. The predicted molar refractivity (Wildman–Crippen MR) is 70.1 cm³/mol. The van der Waals surface area contributed by atoms with Crippen LogP contribution in [0.15, 0.2) is 30.3 Å². The Balaban J connectivity index is 1.71. The molecule has 2 atom stereocenters. The summed E-state index contributed by atoms with van der Waals surface area (Å²) in [6.07, 6.45) is 3.73. The number of hydrogen-bond donors (Lipinski definition) is 1. The Labute approximate surface area is 107 Å². The third-order valence-electron chi connectivity index (χ3n) is 3.27. The third-order valence-corrected chi connectivity index (χ3v) is 3.67. The molecule has 3 heteroatoms. The Morgan fingerprint density at radius 1 is 1.29 bits per heavy atom. The van der Waals surface area contributed by atoms with E-state index in [4.69, 9.17) is 11.6 Å². The molecule has 1 aromatic carbocycles. The lowest BCUT2D eigenvalue weighted by Gasteiger charge is -2.10. The molecule has 1 aromatic rings. The maximum atomic E-state index is 11.7. The molecule has 0 spiro atoms. The number of carbonyl (C=O) groups excluding carboxylic acids is 1. The summed E-state index contributed by atoms with van der Waals surface area (Å²) in [6, 6.07) is 9.82. The smallest absolute Gasteiger partial charge is 0.224 e. The van der Waals surface area contributed by atoms with Crippen LogP contribution in [0.2, 0.25) is 0 Å². The molecule has 2 rings (SSSR count). The molecule has 1 saturated carbocycles. The van der Waals surface area contributed by atoms with Gasteiger partial charge < -0.3 is 5.32 Å². The van der Waals surface area contributed by atoms with Crippen molar-refractivity contribution in [2.75, 3.05) is 6.54 Å². The second kappa shape index (κ2) is 6.06. The van der Waals surface area contributed by atoms with Crippen LogP contribution < -0.4 is 5.32 Å². The van der Waals surface area contributed by atoms with Crippen molar-refractivity contribution < 1.29 is 4.79 Å². The lowest BCUT2D eigenvalue weighted by molar-refractivity contribution is -0.120. The van der Waals surface area contributed by atoms with Crippen LogP contribution in [0.4, 0.5) is 0 Å². The van der Waals surface area contributed by atoms with Crippen molar-refractivity contribution in [3.63, 3.8) is 0 Å². The maximum absolute atomic E-state index is 11.7.